The van der Waals surface area contributed by atoms with Crippen molar-refractivity contribution in [1.82, 2.24) is 15.0 Å². The second-order valence-corrected chi connectivity index (χ2v) is 6.05. The van der Waals surface area contributed by atoms with E-state index in [1.165, 1.54) is 0 Å². The van der Waals surface area contributed by atoms with Crippen LogP contribution in [0.3, 0.4) is 0 Å². The van der Waals surface area contributed by atoms with E-state index < -0.39 is 5.97 Å². The first-order valence-electron chi connectivity index (χ1n) is 7.74. The molecule has 0 N–H and O–H groups in total. The van der Waals surface area contributed by atoms with E-state index in [4.69, 9.17) is 21.1 Å². The number of benzene rings is 2. The van der Waals surface area contributed by atoms with Crippen LogP contribution in [0.1, 0.15) is 5.56 Å². The summed E-state index contributed by atoms with van der Waals surface area (Å²) in [7, 11) is 0. The maximum atomic E-state index is 12.3. The fraction of sp³-hybridized carbons (Fsp3) is 0.111. The lowest BCUT2D eigenvalue weighted by molar-refractivity contribution is -0.143. The van der Waals surface area contributed by atoms with Crippen LogP contribution in [0.5, 0.6) is 5.75 Å². The lowest BCUT2D eigenvalue weighted by Gasteiger charge is -2.17. The van der Waals surface area contributed by atoms with Crippen LogP contribution in [0.4, 0.5) is 0 Å². The van der Waals surface area contributed by atoms with Crippen LogP contribution in [0.25, 0.3) is 17.0 Å². The topological polar surface area (TPSA) is 83.3 Å². The third-order valence-electron chi connectivity index (χ3n) is 3.89. The van der Waals surface area contributed by atoms with Gasteiger partial charge in [0.1, 0.15) is 17.9 Å². The largest absolute Gasteiger partial charge is 0.488 e. The zero-order chi connectivity index (χ0) is 18.1. The molecule has 2 heterocycles. The molecule has 0 bridgehead atoms. The number of rotatable bonds is 3. The van der Waals surface area contributed by atoms with E-state index >= 15 is 0 Å². The molecule has 0 radical (unpaired) electrons. The van der Waals surface area contributed by atoms with Crippen molar-refractivity contribution in [2.75, 3.05) is 6.61 Å². The first-order valence-corrected chi connectivity index (χ1v) is 8.12. The monoisotopic (exact) mass is 369 g/mol. The van der Waals surface area contributed by atoms with E-state index in [1.807, 2.05) is 0 Å². The molecule has 3 aromatic rings. The molecule has 2 aromatic carbocycles. The molecule has 0 saturated carbocycles. The number of carbonyl (C=O) groups is 1. The Morgan fingerprint density at radius 1 is 1.27 bits per heavy atom. The molecule has 0 saturated heterocycles. The van der Waals surface area contributed by atoms with Gasteiger partial charge in [-0.1, -0.05) is 28.9 Å². The zero-order valence-corrected chi connectivity index (χ0v) is 14.1. The number of hydrogen-bond donors (Lipinski definition) is 0. The number of halogens is 1. The van der Waals surface area contributed by atoms with Gasteiger partial charge in [0.05, 0.1) is 11.0 Å². The molecule has 7 nitrogen and oxygen atoms in total. The molecule has 0 aliphatic carbocycles. The van der Waals surface area contributed by atoms with E-state index in [0.29, 0.717) is 32.8 Å². The average Bonchev–Trinajstić information content (AvgIpc) is 2.67. The van der Waals surface area contributed by atoms with Crippen LogP contribution < -0.4 is 10.3 Å². The number of esters is 1. The minimum Gasteiger partial charge on any atom is -0.488 e. The Hall–Kier alpha value is -3.19. The Bertz CT molecular complexity index is 1110. The minimum atomic E-state index is -0.600. The van der Waals surface area contributed by atoms with Crippen molar-refractivity contribution >= 4 is 34.5 Å². The van der Waals surface area contributed by atoms with E-state index in [9.17, 15) is 9.59 Å². The molecule has 130 valence electrons. The summed E-state index contributed by atoms with van der Waals surface area (Å²) in [6.07, 6.45) is 1.65. The van der Waals surface area contributed by atoms with Gasteiger partial charge >= 0.3 is 5.97 Å². The van der Waals surface area contributed by atoms with Gasteiger partial charge in [-0.3, -0.25) is 4.79 Å². The lowest BCUT2D eigenvalue weighted by Crippen LogP contribution is -2.27. The number of nitrogens with zero attached hydrogens (tertiary/aromatic N) is 3. The molecule has 0 atom stereocenters. The van der Waals surface area contributed by atoms with Gasteiger partial charge in [-0.05, 0) is 36.4 Å². The Balaban J connectivity index is 1.53. The average molecular weight is 370 g/mol. The maximum absolute atomic E-state index is 12.3. The molecule has 26 heavy (non-hydrogen) atoms. The van der Waals surface area contributed by atoms with Gasteiger partial charge in [0.2, 0.25) is 0 Å². The Kier molecular flexibility index (Phi) is 4.14. The van der Waals surface area contributed by atoms with Gasteiger partial charge < -0.3 is 9.47 Å². The molecular weight excluding hydrogens is 358 g/mol. The van der Waals surface area contributed by atoms with Crippen molar-refractivity contribution in [3.63, 3.8) is 0 Å². The first kappa shape index (κ1) is 16.3. The highest BCUT2D eigenvalue weighted by Crippen LogP contribution is 2.29. The van der Waals surface area contributed by atoms with Crippen molar-refractivity contribution in [2.45, 2.75) is 6.73 Å². The molecule has 1 aliphatic rings. The SMILES string of the molecule is O=C(OCn1nnc2ccccc2c1=O)C1=Cc2cc(Cl)ccc2OC1. The van der Waals surface area contributed by atoms with E-state index in [2.05, 4.69) is 10.3 Å². The third kappa shape index (κ3) is 3.04. The van der Waals surface area contributed by atoms with Crippen molar-refractivity contribution in [1.29, 1.82) is 0 Å². The van der Waals surface area contributed by atoms with Gasteiger partial charge in [0, 0.05) is 10.6 Å². The summed E-state index contributed by atoms with van der Waals surface area (Å²) >= 11 is 5.96. The van der Waals surface area contributed by atoms with Gasteiger partial charge in [-0.2, -0.15) is 4.68 Å². The lowest BCUT2D eigenvalue weighted by atomic mass is 10.1. The number of ether oxygens (including phenoxy) is 2. The van der Waals surface area contributed by atoms with E-state index in [1.54, 1.807) is 48.5 Å². The van der Waals surface area contributed by atoms with Crippen LogP contribution in [0, 0.1) is 0 Å². The molecule has 8 heteroatoms. The van der Waals surface area contributed by atoms with Crippen molar-refractivity contribution in [3.05, 3.63) is 69.0 Å². The van der Waals surface area contributed by atoms with Gasteiger partial charge in [-0.25, -0.2) is 4.79 Å². The summed E-state index contributed by atoms with van der Waals surface area (Å²) < 4.78 is 11.7. The van der Waals surface area contributed by atoms with Crippen LogP contribution in [0.15, 0.2) is 52.8 Å². The van der Waals surface area contributed by atoms with Crippen LogP contribution in [-0.2, 0) is 16.3 Å². The van der Waals surface area contributed by atoms with Crippen LogP contribution >= 0.6 is 11.6 Å². The van der Waals surface area contributed by atoms with Crippen molar-refractivity contribution in [3.8, 4) is 5.75 Å². The number of aromatic nitrogens is 3. The van der Waals surface area contributed by atoms with Crippen molar-refractivity contribution < 1.29 is 14.3 Å². The molecule has 1 aromatic heterocycles. The summed E-state index contributed by atoms with van der Waals surface area (Å²) in [5.41, 5.74) is 1.12. The maximum Gasteiger partial charge on any atom is 0.339 e. The number of carbonyl (C=O) groups excluding carboxylic acids is 1. The summed E-state index contributed by atoms with van der Waals surface area (Å²) in [4.78, 5) is 24.6. The summed E-state index contributed by atoms with van der Waals surface area (Å²) in [6, 6.07) is 12.0. The molecule has 0 unspecified atom stereocenters. The molecular formula is C18H12ClN3O4. The fourth-order valence-corrected chi connectivity index (χ4v) is 2.77. The summed E-state index contributed by atoms with van der Waals surface area (Å²) in [5, 5.41) is 8.66. The highest BCUT2D eigenvalue weighted by atomic mass is 35.5. The Labute approximate surface area is 152 Å². The second-order valence-electron chi connectivity index (χ2n) is 5.61. The molecule has 0 fully saturated rings. The number of hydrogen-bond acceptors (Lipinski definition) is 6. The highest BCUT2D eigenvalue weighted by Gasteiger charge is 2.19. The van der Waals surface area contributed by atoms with Gasteiger partial charge in [0.15, 0.2) is 6.73 Å². The third-order valence-corrected chi connectivity index (χ3v) is 4.13. The standard InChI is InChI=1S/C18H12ClN3O4/c19-13-5-6-16-11(8-13)7-12(9-25-16)18(24)26-10-22-17(23)14-3-1-2-4-15(14)20-21-22/h1-8H,9-10H2. The van der Waals surface area contributed by atoms with Crippen LogP contribution in [-0.4, -0.2) is 27.6 Å². The van der Waals surface area contributed by atoms with Gasteiger partial charge in [0.25, 0.3) is 5.56 Å². The van der Waals surface area contributed by atoms with Crippen LogP contribution in [0.2, 0.25) is 5.02 Å². The minimum absolute atomic E-state index is 0.0752. The number of fused-ring (bicyclic) bond motifs is 2. The highest BCUT2D eigenvalue weighted by molar-refractivity contribution is 6.30. The molecule has 1 aliphatic heterocycles. The zero-order valence-electron chi connectivity index (χ0n) is 13.4. The Morgan fingerprint density at radius 3 is 3.00 bits per heavy atom. The predicted octanol–water partition coefficient (Wildman–Crippen LogP) is 2.42. The summed E-state index contributed by atoms with van der Waals surface area (Å²) in [5.74, 6) is 0.0417. The fourth-order valence-electron chi connectivity index (χ4n) is 2.59. The normalized spacial score (nSPS) is 12.9. The second kappa shape index (κ2) is 6.61. The quantitative estimate of drug-likeness (QED) is 0.659. The van der Waals surface area contributed by atoms with E-state index in [-0.39, 0.29) is 18.9 Å². The van der Waals surface area contributed by atoms with Crippen molar-refractivity contribution in [2.24, 2.45) is 0 Å². The van der Waals surface area contributed by atoms with Gasteiger partial charge in [-0.15, -0.1) is 5.10 Å². The van der Waals surface area contributed by atoms with E-state index in [0.717, 1.165) is 4.68 Å². The Morgan fingerprint density at radius 2 is 2.12 bits per heavy atom. The molecule has 0 amide bonds. The first-order chi connectivity index (χ1) is 12.6. The predicted molar refractivity (Wildman–Crippen MR) is 94.8 cm³/mol. The molecule has 4 rings (SSSR count). The molecule has 0 spiro atoms. The summed E-state index contributed by atoms with van der Waals surface area (Å²) in [6.45, 7) is -0.263. The smallest absolute Gasteiger partial charge is 0.339 e.